The van der Waals surface area contributed by atoms with Crippen molar-refractivity contribution < 1.29 is 9.47 Å². The average Bonchev–Trinajstić information content (AvgIpc) is 1.83. The molecule has 0 aromatic carbocycles. The summed E-state index contributed by atoms with van der Waals surface area (Å²) in [6.07, 6.45) is 1.99. The smallest absolute Gasteiger partial charge is 0.125 e. The van der Waals surface area contributed by atoms with Crippen LogP contribution < -0.4 is 0 Å². The maximum atomic E-state index is 4.98. The molecule has 0 rings (SSSR count). The van der Waals surface area contributed by atoms with Crippen LogP contribution in [-0.4, -0.2) is 32.5 Å². The molecule has 0 bridgehead atoms. The van der Waals surface area contributed by atoms with E-state index in [1.165, 1.54) is 0 Å². The molecular weight excluding hydrogens is 124 g/mol. The molecule has 50 valence electrons. The Hall–Kier alpha value is 0.270. The highest BCUT2D eigenvalue weighted by molar-refractivity contribution is 7.99. The molecule has 0 radical (unpaired) electrons. The monoisotopic (exact) mass is 136 g/mol. The van der Waals surface area contributed by atoms with Gasteiger partial charge in [-0.3, -0.25) is 0 Å². The lowest BCUT2D eigenvalue weighted by Crippen LogP contribution is -2.11. The molecule has 0 saturated carbocycles. The van der Waals surface area contributed by atoms with Crippen LogP contribution in [0.1, 0.15) is 0 Å². The maximum absolute atomic E-state index is 4.98. The van der Waals surface area contributed by atoms with E-state index in [1.54, 1.807) is 26.0 Å². The van der Waals surface area contributed by atoms with Gasteiger partial charge in [-0.05, 0) is 6.26 Å². The second-order valence-electron chi connectivity index (χ2n) is 1.36. The highest BCUT2D eigenvalue weighted by Gasteiger charge is 2.00. The van der Waals surface area contributed by atoms with Crippen molar-refractivity contribution in [3.8, 4) is 0 Å². The number of ether oxygens (including phenoxy) is 2. The Labute approximate surface area is 54.5 Å². The van der Waals surface area contributed by atoms with Gasteiger partial charge in [0.2, 0.25) is 0 Å². The van der Waals surface area contributed by atoms with Crippen LogP contribution in [0.5, 0.6) is 0 Å². The number of methoxy groups -OCH3 is 2. The van der Waals surface area contributed by atoms with Crippen LogP contribution in [0.3, 0.4) is 0 Å². The van der Waals surface area contributed by atoms with Crippen LogP contribution >= 0.6 is 11.8 Å². The van der Waals surface area contributed by atoms with E-state index in [1.807, 2.05) is 6.26 Å². The summed E-state index contributed by atoms with van der Waals surface area (Å²) in [7, 11) is 3.35. The topological polar surface area (TPSA) is 18.5 Å². The van der Waals surface area contributed by atoms with Gasteiger partial charge in [0, 0.05) is 14.2 Å². The summed E-state index contributed by atoms with van der Waals surface area (Å²) < 4.78 is 9.82. The van der Waals surface area contributed by atoms with Crippen LogP contribution in [0, 0.1) is 0 Å². The molecule has 0 saturated heterocycles. The summed E-state index contributed by atoms with van der Waals surface area (Å²) in [5, 5.41) is 0. The predicted octanol–water partition coefficient (Wildman–Crippen LogP) is 0.968. The molecule has 0 heterocycles. The van der Waals surface area contributed by atoms with Gasteiger partial charge in [0.15, 0.2) is 0 Å². The summed E-state index contributed by atoms with van der Waals surface area (Å²) >= 11 is 1.65. The van der Waals surface area contributed by atoms with Gasteiger partial charge in [0.1, 0.15) is 5.44 Å². The molecule has 0 aliphatic heterocycles. The highest BCUT2D eigenvalue weighted by Crippen LogP contribution is 2.05. The Morgan fingerprint density at radius 3 is 2.25 bits per heavy atom. The first-order valence-electron chi connectivity index (χ1n) is 2.39. The lowest BCUT2D eigenvalue weighted by atomic mass is 10.8. The van der Waals surface area contributed by atoms with Crippen molar-refractivity contribution in [2.75, 3.05) is 27.1 Å². The number of rotatable bonds is 4. The molecular formula is C5H12O2S. The molecule has 0 aliphatic carbocycles. The van der Waals surface area contributed by atoms with Crippen LogP contribution in [0.25, 0.3) is 0 Å². The van der Waals surface area contributed by atoms with Crippen molar-refractivity contribution in [2.24, 2.45) is 0 Å². The number of thioether (sulfide) groups is 1. The van der Waals surface area contributed by atoms with E-state index in [9.17, 15) is 0 Å². The van der Waals surface area contributed by atoms with Crippen LogP contribution in [0.4, 0.5) is 0 Å². The molecule has 3 heteroatoms. The Bertz CT molecular complexity index is 45.7. The number of hydrogen-bond acceptors (Lipinski definition) is 3. The normalized spacial score (nSPS) is 13.9. The zero-order chi connectivity index (χ0) is 6.41. The minimum atomic E-state index is 0.194. The van der Waals surface area contributed by atoms with Gasteiger partial charge in [-0.15, -0.1) is 11.8 Å². The van der Waals surface area contributed by atoms with Crippen molar-refractivity contribution in [1.29, 1.82) is 0 Å². The van der Waals surface area contributed by atoms with E-state index in [2.05, 4.69) is 0 Å². The largest absolute Gasteiger partial charge is 0.381 e. The molecule has 0 aromatic rings. The van der Waals surface area contributed by atoms with Gasteiger partial charge in [-0.25, -0.2) is 0 Å². The van der Waals surface area contributed by atoms with Crippen molar-refractivity contribution >= 4 is 11.8 Å². The third-order valence-electron chi connectivity index (χ3n) is 0.829. The molecule has 0 aliphatic rings. The fourth-order valence-electron chi connectivity index (χ4n) is 0.368. The van der Waals surface area contributed by atoms with Crippen LogP contribution in [0.2, 0.25) is 0 Å². The lowest BCUT2D eigenvalue weighted by molar-refractivity contribution is 0.0815. The minimum absolute atomic E-state index is 0.194. The molecule has 0 spiro atoms. The van der Waals surface area contributed by atoms with E-state index in [4.69, 9.17) is 9.47 Å². The van der Waals surface area contributed by atoms with Gasteiger partial charge in [0.25, 0.3) is 0 Å². The summed E-state index contributed by atoms with van der Waals surface area (Å²) in [6, 6.07) is 0. The SMILES string of the molecule is COCC(OC)SC. The molecule has 8 heavy (non-hydrogen) atoms. The van der Waals surface area contributed by atoms with Gasteiger partial charge < -0.3 is 9.47 Å². The molecule has 1 unspecified atom stereocenters. The molecule has 1 atom stereocenters. The summed E-state index contributed by atoms with van der Waals surface area (Å²) in [6.45, 7) is 0.664. The first-order chi connectivity index (χ1) is 3.85. The van der Waals surface area contributed by atoms with Crippen molar-refractivity contribution in [3.63, 3.8) is 0 Å². The minimum Gasteiger partial charge on any atom is -0.381 e. The average molecular weight is 136 g/mol. The van der Waals surface area contributed by atoms with Gasteiger partial charge in [-0.2, -0.15) is 0 Å². The lowest BCUT2D eigenvalue weighted by Gasteiger charge is -2.09. The standard InChI is InChI=1S/C5H12O2S/c1-6-4-5(7-2)8-3/h5H,4H2,1-3H3. The van der Waals surface area contributed by atoms with E-state index in [0.29, 0.717) is 6.61 Å². The van der Waals surface area contributed by atoms with Gasteiger partial charge in [-0.1, -0.05) is 0 Å². The molecule has 0 fully saturated rings. The van der Waals surface area contributed by atoms with Crippen LogP contribution in [0.15, 0.2) is 0 Å². The maximum Gasteiger partial charge on any atom is 0.125 e. The second-order valence-corrected chi connectivity index (χ2v) is 2.35. The Kier molecular flexibility index (Phi) is 5.59. The molecule has 0 aromatic heterocycles. The number of hydrogen-bond donors (Lipinski definition) is 0. The quantitative estimate of drug-likeness (QED) is 0.536. The molecule has 2 nitrogen and oxygen atoms in total. The van der Waals surface area contributed by atoms with Crippen molar-refractivity contribution in [2.45, 2.75) is 5.44 Å². The predicted molar refractivity (Wildman–Crippen MR) is 36.2 cm³/mol. The van der Waals surface area contributed by atoms with Crippen molar-refractivity contribution in [3.05, 3.63) is 0 Å². The zero-order valence-corrected chi connectivity index (χ0v) is 6.33. The van der Waals surface area contributed by atoms with E-state index in [0.717, 1.165) is 0 Å². The van der Waals surface area contributed by atoms with Gasteiger partial charge in [0.05, 0.1) is 6.61 Å². The van der Waals surface area contributed by atoms with Gasteiger partial charge >= 0.3 is 0 Å². The molecule has 0 amide bonds. The Morgan fingerprint density at radius 2 is 2.12 bits per heavy atom. The fourth-order valence-corrected chi connectivity index (χ4v) is 0.833. The van der Waals surface area contributed by atoms with Crippen molar-refractivity contribution in [1.82, 2.24) is 0 Å². The third kappa shape index (κ3) is 3.29. The fraction of sp³-hybridized carbons (Fsp3) is 1.00. The Morgan fingerprint density at radius 1 is 1.50 bits per heavy atom. The van der Waals surface area contributed by atoms with E-state index in [-0.39, 0.29) is 5.44 Å². The van der Waals surface area contributed by atoms with E-state index >= 15 is 0 Å². The van der Waals surface area contributed by atoms with E-state index < -0.39 is 0 Å². The first-order valence-corrected chi connectivity index (χ1v) is 3.68. The van der Waals surface area contributed by atoms with Crippen LogP contribution in [-0.2, 0) is 9.47 Å². The first kappa shape index (κ1) is 8.27. The highest BCUT2D eigenvalue weighted by atomic mass is 32.2. The zero-order valence-electron chi connectivity index (χ0n) is 5.51. The summed E-state index contributed by atoms with van der Waals surface area (Å²) in [5.41, 5.74) is 0.194. The second kappa shape index (κ2) is 5.41. The third-order valence-corrected chi connectivity index (χ3v) is 1.68. The Balaban J connectivity index is 3.07. The summed E-state index contributed by atoms with van der Waals surface area (Å²) in [4.78, 5) is 0. The molecule has 0 N–H and O–H groups in total. The summed E-state index contributed by atoms with van der Waals surface area (Å²) in [5.74, 6) is 0.